The quantitative estimate of drug-likeness (QED) is 0.871. The molecule has 0 bridgehead atoms. The predicted molar refractivity (Wildman–Crippen MR) is 83.1 cm³/mol. The van der Waals surface area contributed by atoms with Crippen LogP contribution in [-0.2, 0) is 11.3 Å². The van der Waals surface area contributed by atoms with Crippen LogP contribution < -0.4 is 5.32 Å². The normalized spacial score (nSPS) is 12.3. The summed E-state index contributed by atoms with van der Waals surface area (Å²) in [5.74, 6) is 0.166. The number of aryl methyl sites for hydroxylation is 1. The lowest BCUT2D eigenvalue weighted by Gasteiger charge is -2.23. The molecule has 1 aromatic carbocycles. The van der Waals surface area contributed by atoms with Crippen molar-refractivity contribution in [2.45, 2.75) is 40.3 Å². The molecular formula is C15H23BrN2O. The highest BCUT2D eigenvalue weighted by molar-refractivity contribution is 9.10. The number of carbonyl (C=O) groups is 1. The Kier molecular flexibility index (Phi) is 6.52. The topological polar surface area (TPSA) is 32.3 Å². The maximum atomic E-state index is 12.1. The van der Waals surface area contributed by atoms with Gasteiger partial charge < -0.3 is 10.2 Å². The maximum absolute atomic E-state index is 12.1. The van der Waals surface area contributed by atoms with E-state index in [-0.39, 0.29) is 11.9 Å². The van der Waals surface area contributed by atoms with E-state index in [0.29, 0.717) is 6.54 Å². The van der Waals surface area contributed by atoms with E-state index < -0.39 is 0 Å². The molecule has 1 unspecified atom stereocenters. The minimum atomic E-state index is -0.149. The Morgan fingerprint density at radius 1 is 1.37 bits per heavy atom. The SMILES string of the molecule is CCN(CC)C(=O)C(C)NCc1ccc(Br)c(C)c1. The average molecular weight is 327 g/mol. The zero-order chi connectivity index (χ0) is 14.4. The minimum Gasteiger partial charge on any atom is -0.342 e. The number of halogens is 1. The lowest BCUT2D eigenvalue weighted by atomic mass is 10.1. The molecule has 0 aromatic heterocycles. The van der Waals surface area contributed by atoms with Crippen LogP contribution in [0.5, 0.6) is 0 Å². The van der Waals surface area contributed by atoms with Gasteiger partial charge in [-0.1, -0.05) is 28.1 Å². The van der Waals surface area contributed by atoms with Gasteiger partial charge in [-0.25, -0.2) is 0 Å². The Bertz CT molecular complexity index is 430. The number of benzene rings is 1. The number of amides is 1. The standard InChI is InChI=1S/C15H23BrN2O/c1-5-18(6-2)15(19)12(4)17-10-13-7-8-14(16)11(3)9-13/h7-9,12,17H,5-6,10H2,1-4H3. The van der Waals surface area contributed by atoms with Crippen molar-refractivity contribution in [3.05, 3.63) is 33.8 Å². The lowest BCUT2D eigenvalue weighted by molar-refractivity contribution is -0.132. The minimum absolute atomic E-state index is 0.149. The van der Waals surface area contributed by atoms with Crippen LogP contribution in [0.2, 0.25) is 0 Å². The van der Waals surface area contributed by atoms with Gasteiger partial charge in [-0.3, -0.25) is 4.79 Å². The van der Waals surface area contributed by atoms with Crippen molar-refractivity contribution in [1.82, 2.24) is 10.2 Å². The predicted octanol–water partition coefficient (Wildman–Crippen LogP) is 3.10. The summed E-state index contributed by atoms with van der Waals surface area (Å²) in [6, 6.07) is 6.09. The van der Waals surface area contributed by atoms with Gasteiger partial charge in [0.25, 0.3) is 0 Å². The molecule has 1 atom stereocenters. The van der Waals surface area contributed by atoms with Crippen LogP contribution in [-0.4, -0.2) is 29.9 Å². The summed E-state index contributed by atoms with van der Waals surface area (Å²) < 4.78 is 1.11. The first kappa shape index (κ1) is 16.2. The Balaban J connectivity index is 2.56. The summed E-state index contributed by atoms with van der Waals surface area (Å²) in [5.41, 5.74) is 2.40. The van der Waals surface area contributed by atoms with E-state index in [2.05, 4.69) is 40.3 Å². The molecular weight excluding hydrogens is 304 g/mol. The summed E-state index contributed by atoms with van der Waals surface area (Å²) >= 11 is 3.49. The van der Waals surface area contributed by atoms with Crippen LogP contribution in [0.4, 0.5) is 0 Å². The molecule has 0 aliphatic heterocycles. The summed E-state index contributed by atoms with van der Waals surface area (Å²) in [7, 11) is 0. The van der Waals surface area contributed by atoms with Gasteiger partial charge in [0.2, 0.25) is 5.91 Å². The Morgan fingerprint density at radius 3 is 2.53 bits per heavy atom. The number of nitrogens with one attached hydrogen (secondary N) is 1. The molecule has 3 nitrogen and oxygen atoms in total. The lowest BCUT2D eigenvalue weighted by Crippen LogP contribution is -2.44. The van der Waals surface area contributed by atoms with E-state index in [9.17, 15) is 4.79 Å². The van der Waals surface area contributed by atoms with Crippen LogP contribution >= 0.6 is 15.9 Å². The van der Waals surface area contributed by atoms with E-state index in [1.807, 2.05) is 31.7 Å². The second-order valence-corrected chi connectivity index (χ2v) is 5.55. The molecule has 0 radical (unpaired) electrons. The van der Waals surface area contributed by atoms with Crippen molar-refractivity contribution in [1.29, 1.82) is 0 Å². The van der Waals surface area contributed by atoms with Crippen molar-refractivity contribution >= 4 is 21.8 Å². The molecule has 1 amide bonds. The van der Waals surface area contributed by atoms with Gasteiger partial charge >= 0.3 is 0 Å². The molecule has 0 aliphatic rings. The summed E-state index contributed by atoms with van der Waals surface area (Å²) in [5, 5.41) is 3.29. The maximum Gasteiger partial charge on any atom is 0.239 e. The van der Waals surface area contributed by atoms with E-state index in [4.69, 9.17) is 0 Å². The third-order valence-corrected chi connectivity index (χ3v) is 4.17. The van der Waals surface area contributed by atoms with Crippen LogP contribution in [0.25, 0.3) is 0 Å². The number of hydrogen-bond acceptors (Lipinski definition) is 2. The van der Waals surface area contributed by atoms with Crippen LogP contribution in [0.1, 0.15) is 31.9 Å². The largest absolute Gasteiger partial charge is 0.342 e. The fourth-order valence-corrected chi connectivity index (χ4v) is 2.23. The van der Waals surface area contributed by atoms with E-state index in [1.54, 1.807) is 0 Å². The number of hydrogen-bond donors (Lipinski definition) is 1. The monoisotopic (exact) mass is 326 g/mol. The van der Waals surface area contributed by atoms with E-state index in [0.717, 1.165) is 17.6 Å². The van der Waals surface area contributed by atoms with Gasteiger partial charge in [-0.15, -0.1) is 0 Å². The molecule has 0 heterocycles. The molecule has 0 aliphatic carbocycles. The summed E-state index contributed by atoms with van der Waals surface area (Å²) in [4.78, 5) is 14.0. The first-order chi connectivity index (χ1) is 8.99. The molecule has 19 heavy (non-hydrogen) atoms. The molecule has 0 saturated heterocycles. The molecule has 1 rings (SSSR count). The van der Waals surface area contributed by atoms with Crippen LogP contribution in [0.3, 0.4) is 0 Å². The first-order valence-corrected chi connectivity index (χ1v) is 7.56. The highest BCUT2D eigenvalue weighted by Gasteiger charge is 2.17. The van der Waals surface area contributed by atoms with Crippen molar-refractivity contribution < 1.29 is 4.79 Å². The molecule has 0 saturated carbocycles. The van der Waals surface area contributed by atoms with Gasteiger partial charge in [0.15, 0.2) is 0 Å². The average Bonchev–Trinajstić information content (AvgIpc) is 2.41. The molecule has 106 valence electrons. The molecule has 4 heteroatoms. The Labute approximate surface area is 124 Å². The number of likely N-dealkylation sites (N-methyl/N-ethyl adjacent to an activating group) is 1. The second kappa shape index (κ2) is 7.65. The van der Waals surface area contributed by atoms with Crippen molar-refractivity contribution in [3.63, 3.8) is 0 Å². The zero-order valence-electron chi connectivity index (χ0n) is 12.2. The molecule has 1 N–H and O–H groups in total. The van der Waals surface area contributed by atoms with Crippen molar-refractivity contribution in [2.75, 3.05) is 13.1 Å². The number of rotatable bonds is 6. The van der Waals surface area contributed by atoms with Gasteiger partial charge in [0, 0.05) is 24.1 Å². The van der Waals surface area contributed by atoms with E-state index >= 15 is 0 Å². The number of carbonyl (C=O) groups excluding carboxylic acids is 1. The van der Waals surface area contributed by atoms with Gasteiger partial charge in [0.1, 0.15) is 0 Å². The third kappa shape index (κ3) is 4.62. The zero-order valence-corrected chi connectivity index (χ0v) is 13.8. The van der Waals surface area contributed by atoms with E-state index in [1.165, 1.54) is 11.1 Å². The molecule has 0 spiro atoms. The molecule has 0 fully saturated rings. The van der Waals surface area contributed by atoms with Crippen LogP contribution in [0.15, 0.2) is 22.7 Å². The van der Waals surface area contributed by atoms with Crippen LogP contribution in [0, 0.1) is 6.92 Å². The van der Waals surface area contributed by atoms with Gasteiger partial charge in [-0.05, 0) is 44.9 Å². The highest BCUT2D eigenvalue weighted by Crippen LogP contribution is 2.17. The summed E-state index contributed by atoms with van der Waals surface area (Å²) in [6.07, 6.45) is 0. The second-order valence-electron chi connectivity index (χ2n) is 4.70. The summed E-state index contributed by atoms with van der Waals surface area (Å²) in [6.45, 7) is 10.2. The van der Waals surface area contributed by atoms with Gasteiger partial charge in [-0.2, -0.15) is 0 Å². The Morgan fingerprint density at radius 2 is 2.00 bits per heavy atom. The third-order valence-electron chi connectivity index (χ3n) is 3.28. The van der Waals surface area contributed by atoms with Crippen molar-refractivity contribution in [3.8, 4) is 0 Å². The number of nitrogens with zero attached hydrogens (tertiary/aromatic N) is 1. The fourth-order valence-electron chi connectivity index (χ4n) is 1.98. The smallest absolute Gasteiger partial charge is 0.239 e. The van der Waals surface area contributed by atoms with Crippen molar-refractivity contribution in [2.24, 2.45) is 0 Å². The fraction of sp³-hybridized carbons (Fsp3) is 0.533. The Hall–Kier alpha value is -0.870. The highest BCUT2D eigenvalue weighted by atomic mass is 79.9. The molecule has 1 aromatic rings. The van der Waals surface area contributed by atoms with Gasteiger partial charge in [0.05, 0.1) is 6.04 Å². The first-order valence-electron chi connectivity index (χ1n) is 6.76.